The van der Waals surface area contributed by atoms with E-state index in [0.29, 0.717) is 5.11 Å². The molecule has 1 aromatic rings. The van der Waals surface area contributed by atoms with E-state index in [1.54, 1.807) is 13.3 Å². The molecule has 1 aliphatic rings. The molecule has 1 heterocycles. The molecular formula is C14H18BrN3O2S. The molecule has 0 amide bonds. The second kappa shape index (κ2) is 8.31. The third-order valence-corrected chi connectivity index (χ3v) is 3.93. The van der Waals surface area contributed by atoms with E-state index in [4.69, 9.17) is 21.7 Å². The van der Waals surface area contributed by atoms with Crippen LogP contribution in [-0.4, -0.2) is 37.7 Å². The van der Waals surface area contributed by atoms with Crippen LogP contribution in [0.1, 0.15) is 18.4 Å². The number of ether oxygens (including phenoxy) is 2. The van der Waals surface area contributed by atoms with Gasteiger partial charge in [0.05, 0.1) is 23.9 Å². The topological polar surface area (TPSA) is 54.9 Å². The summed E-state index contributed by atoms with van der Waals surface area (Å²) in [7, 11) is 1.63. The van der Waals surface area contributed by atoms with Gasteiger partial charge in [0.25, 0.3) is 0 Å². The maximum absolute atomic E-state index is 5.51. The van der Waals surface area contributed by atoms with Crippen molar-refractivity contribution in [3.63, 3.8) is 0 Å². The third-order valence-electron chi connectivity index (χ3n) is 3.07. The van der Waals surface area contributed by atoms with E-state index >= 15 is 0 Å². The molecule has 0 aliphatic carbocycles. The summed E-state index contributed by atoms with van der Waals surface area (Å²) >= 11 is 8.58. The highest BCUT2D eigenvalue weighted by atomic mass is 79.9. The molecule has 1 atom stereocenters. The van der Waals surface area contributed by atoms with Gasteiger partial charge in [0.1, 0.15) is 5.75 Å². The van der Waals surface area contributed by atoms with Crippen molar-refractivity contribution in [1.29, 1.82) is 0 Å². The average molecular weight is 372 g/mol. The number of rotatable bonds is 5. The predicted molar refractivity (Wildman–Crippen MR) is 91.0 cm³/mol. The van der Waals surface area contributed by atoms with Crippen LogP contribution in [0, 0.1) is 0 Å². The van der Waals surface area contributed by atoms with Gasteiger partial charge in [0, 0.05) is 13.2 Å². The van der Waals surface area contributed by atoms with E-state index in [2.05, 4.69) is 31.8 Å². The van der Waals surface area contributed by atoms with Crippen molar-refractivity contribution in [1.82, 2.24) is 10.7 Å². The van der Waals surface area contributed by atoms with Gasteiger partial charge in [-0.15, -0.1) is 0 Å². The number of thiocarbonyl (C=S) groups is 1. The highest BCUT2D eigenvalue weighted by Crippen LogP contribution is 2.24. The number of nitrogens with one attached hydrogen (secondary N) is 2. The van der Waals surface area contributed by atoms with Crippen molar-refractivity contribution in [2.45, 2.75) is 18.9 Å². The molecule has 1 aliphatic heterocycles. The number of benzene rings is 1. The van der Waals surface area contributed by atoms with Crippen molar-refractivity contribution >= 4 is 39.5 Å². The molecule has 0 bridgehead atoms. The number of methoxy groups -OCH3 is 1. The fourth-order valence-electron chi connectivity index (χ4n) is 1.98. The molecule has 1 fully saturated rings. The van der Waals surface area contributed by atoms with Crippen LogP contribution >= 0.6 is 28.1 Å². The Morgan fingerprint density at radius 3 is 3.14 bits per heavy atom. The number of hydrogen-bond acceptors (Lipinski definition) is 4. The minimum atomic E-state index is 0.256. The minimum Gasteiger partial charge on any atom is -0.496 e. The van der Waals surface area contributed by atoms with Crippen LogP contribution in [0.4, 0.5) is 0 Å². The molecule has 1 saturated heterocycles. The number of hydrogen-bond donors (Lipinski definition) is 2. The van der Waals surface area contributed by atoms with Gasteiger partial charge >= 0.3 is 0 Å². The van der Waals surface area contributed by atoms with Crippen LogP contribution in [0.3, 0.4) is 0 Å². The average Bonchev–Trinajstić information content (AvgIpc) is 2.99. The molecule has 2 N–H and O–H groups in total. The Bertz CT molecular complexity index is 519. The smallest absolute Gasteiger partial charge is 0.187 e. The van der Waals surface area contributed by atoms with Crippen LogP contribution in [0.2, 0.25) is 0 Å². The van der Waals surface area contributed by atoms with Gasteiger partial charge in [-0.25, -0.2) is 0 Å². The molecule has 0 unspecified atom stereocenters. The molecule has 0 radical (unpaired) electrons. The Hall–Kier alpha value is -1.18. The van der Waals surface area contributed by atoms with E-state index < -0.39 is 0 Å². The fourth-order valence-corrected chi connectivity index (χ4v) is 2.67. The number of hydrazone groups is 1. The van der Waals surface area contributed by atoms with E-state index in [-0.39, 0.29) is 6.10 Å². The Labute approximate surface area is 138 Å². The molecule has 0 aromatic heterocycles. The van der Waals surface area contributed by atoms with Gasteiger partial charge in [0.2, 0.25) is 0 Å². The Morgan fingerprint density at radius 2 is 2.48 bits per heavy atom. The Kier molecular flexibility index (Phi) is 6.41. The molecular weight excluding hydrogens is 354 g/mol. The van der Waals surface area contributed by atoms with Crippen LogP contribution < -0.4 is 15.5 Å². The Morgan fingerprint density at radius 1 is 1.62 bits per heavy atom. The van der Waals surface area contributed by atoms with E-state index in [1.165, 1.54) is 0 Å². The van der Waals surface area contributed by atoms with Crippen molar-refractivity contribution in [3.05, 3.63) is 28.2 Å². The highest BCUT2D eigenvalue weighted by molar-refractivity contribution is 9.10. The lowest BCUT2D eigenvalue weighted by Gasteiger charge is -2.11. The molecule has 0 saturated carbocycles. The third kappa shape index (κ3) is 5.26. The zero-order valence-corrected chi connectivity index (χ0v) is 14.2. The highest BCUT2D eigenvalue weighted by Gasteiger charge is 2.14. The molecule has 0 spiro atoms. The lowest BCUT2D eigenvalue weighted by molar-refractivity contribution is 0.114. The lowest BCUT2D eigenvalue weighted by atomic mass is 10.2. The maximum Gasteiger partial charge on any atom is 0.187 e. The summed E-state index contributed by atoms with van der Waals surface area (Å²) in [6, 6.07) is 5.71. The molecule has 21 heavy (non-hydrogen) atoms. The second-order valence-electron chi connectivity index (χ2n) is 4.61. The first-order valence-corrected chi connectivity index (χ1v) is 7.91. The van der Waals surface area contributed by atoms with Crippen LogP contribution in [0.5, 0.6) is 5.75 Å². The summed E-state index contributed by atoms with van der Waals surface area (Å²) in [5.74, 6) is 0.786. The molecule has 2 rings (SSSR count). The van der Waals surface area contributed by atoms with E-state index in [0.717, 1.165) is 41.8 Å². The molecule has 5 nitrogen and oxygen atoms in total. The number of nitrogens with zero attached hydrogens (tertiary/aromatic N) is 1. The summed E-state index contributed by atoms with van der Waals surface area (Å²) in [5, 5.41) is 7.69. The first-order valence-electron chi connectivity index (χ1n) is 6.71. The fraction of sp³-hybridized carbons (Fsp3) is 0.429. The standard InChI is InChI=1S/C14H18BrN3O2S/c1-19-13-5-4-10(7-12(13)15)8-17-18-14(21)16-9-11-3-2-6-20-11/h4-5,7-8,11H,2-3,6,9H2,1H3,(H2,16,18,21)/b17-8-/t11-/m0/s1. The quantitative estimate of drug-likeness (QED) is 0.473. The SMILES string of the molecule is COc1ccc(/C=N\NC(=S)NC[C@@H]2CCCO2)cc1Br. The van der Waals surface area contributed by atoms with Crippen LogP contribution in [0.25, 0.3) is 0 Å². The van der Waals surface area contributed by atoms with Crippen molar-refractivity contribution in [3.8, 4) is 5.75 Å². The van der Waals surface area contributed by atoms with E-state index in [9.17, 15) is 0 Å². The molecule has 114 valence electrons. The summed E-state index contributed by atoms with van der Waals surface area (Å²) in [6.45, 7) is 1.56. The summed E-state index contributed by atoms with van der Waals surface area (Å²) in [6.07, 6.45) is 4.16. The first kappa shape index (κ1) is 16.2. The van der Waals surface area contributed by atoms with Gasteiger partial charge < -0.3 is 14.8 Å². The van der Waals surface area contributed by atoms with Crippen molar-refractivity contribution in [2.24, 2.45) is 5.10 Å². The summed E-state index contributed by atoms with van der Waals surface area (Å²) < 4.78 is 11.6. The first-order chi connectivity index (χ1) is 10.2. The van der Waals surface area contributed by atoms with Gasteiger partial charge in [-0.1, -0.05) is 0 Å². The Balaban J connectivity index is 1.76. The van der Waals surface area contributed by atoms with Gasteiger partial charge in [-0.05, 0) is 64.8 Å². The van der Waals surface area contributed by atoms with Crippen molar-refractivity contribution < 1.29 is 9.47 Å². The van der Waals surface area contributed by atoms with Gasteiger partial charge in [-0.2, -0.15) is 5.10 Å². The monoisotopic (exact) mass is 371 g/mol. The van der Waals surface area contributed by atoms with Gasteiger partial charge in [-0.3, -0.25) is 5.43 Å². The molecule has 1 aromatic carbocycles. The van der Waals surface area contributed by atoms with Gasteiger partial charge in [0.15, 0.2) is 5.11 Å². The molecule has 7 heteroatoms. The summed E-state index contributed by atoms with van der Waals surface area (Å²) in [5.41, 5.74) is 3.73. The van der Waals surface area contributed by atoms with E-state index in [1.807, 2.05) is 18.2 Å². The minimum absolute atomic E-state index is 0.256. The normalized spacial score (nSPS) is 17.9. The zero-order chi connectivity index (χ0) is 15.1. The number of halogens is 1. The lowest BCUT2D eigenvalue weighted by Crippen LogP contribution is -2.37. The van der Waals surface area contributed by atoms with Crippen LogP contribution in [0.15, 0.2) is 27.8 Å². The zero-order valence-electron chi connectivity index (χ0n) is 11.8. The van der Waals surface area contributed by atoms with Crippen molar-refractivity contribution in [2.75, 3.05) is 20.3 Å². The second-order valence-corrected chi connectivity index (χ2v) is 5.87. The summed E-state index contributed by atoms with van der Waals surface area (Å²) in [4.78, 5) is 0. The van der Waals surface area contributed by atoms with Crippen LogP contribution in [-0.2, 0) is 4.74 Å². The predicted octanol–water partition coefficient (Wildman–Crippen LogP) is 2.43. The largest absolute Gasteiger partial charge is 0.496 e. The maximum atomic E-state index is 5.51.